The van der Waals surface area contributed by atoms with Crippen molar-refractivity contribution >= 4 is 35.1 Å². The van der Waals surface area contributed by atoms with E-state index in [1.807, 2.05) is 24.3 Å². The van der Waals surface area contributed by atoms with E-state index in [1.165, 1.54) is 23.9 Å². The van der Waals surface area contributed by atoms with Crippen molar-refractivity contribution in [1.29, 1.82) is 0 Å². The molecule has 0 fully saturated rings. The van der Waals surface area contributed by atoms with Crippen molar-refractivity contribution in [3.63, 3.8) is 0 Å². The number of hydrogen-bond donors (Lipinski definition) is 2. The fourth-order valence-electron chi connectivity index (χ4n) is 3.61. The number of urea groups is 1. The summed E-state index contributed by atoms with van der Waals surface area (Å²) >= 11 is 1.50. The van der Waals surface area contributed by atoms with Crippen LogP contribution in [0.25, 0.3) is 0 Å². The van der Waals surface area contributed by atoms with Crippen LogP contribution in [0.5, 0.6) is 0 Å². The molecule has 3 amide bonds. The van der Waals surface area contributed by atoms with Crippen LogP contribution in [0, 0.1) is 0 Å². The van der Waals surface area contributed by atoms with Crippen molar-refractivity contribution in [3.05, 3.63) is 83.4 Å². The van der Waals surface area contributed by atoms with Crippen molar-refractivity contribution in [2.75, 3.05) is 23.8 Å². The van der Waals surface area contributed by atoms with Gasteiger partial charge in [0.05, 0.1) is 16.8 Å². The van der Waals surface area contributed by atoms with E-state index in [0.29, 0.717) is 36.3 Å². The molecule has 0 aliphatic carbocycles. The summed E-state index contributed by atoms with van der Waals surface area (Å²) in [5.41, 5.74) is 1.97. The Kier molecular flexibility index (Phi) is 6.83. The Morgan fingerprint density at radius 2 is 1.74 bits per heavy atom. The smallest absolute Gasteiger partial charge is 0.338 e. The normalized spacial score (nSPS) is 13.1. The highest BCUT2D eigenvalue weighted by Gasteiger charge is 2.30. The van der Waals surface area contributed by atoms with Gasteiger partial charge in [0, 0.05) is 29.1 Å². The maximum Gasteiger partial charge on any atom is 0.416 e. The lowest BCUT2D eigenvalue weighted by atomic mass is 10.1. The summed E-state index contributed by atoms with van der Waals surface area (Å²) in [7, 11) is 1.70. The Morgan fingerprint density at radius 1 is 1.00 bits per heavy atom. The van der Waals surface area contributed by atoms with Gasteiger partial charge < -0.3 is 15.5 Å². The number of hydrogen-bond acceptors (Lipinski definition) is 3. The maximum atomic E-state index is 12.8. The van der Waals surface area contributed by atoms with Crippen LogP contribution in [-0.2, 0) is 12.6 Å². The van der Waals surface area contributed by atoms with Crippen molar-refractivity contribution in [1.82, 2.24) is 5.32 Å². The van der Waals surface area contributed by atoms with Crippen LogP contribution in [-0.4, -0.2) is 25.5 Å². The highest BCUT2D eigenvalue weighted by molar-refractivity contribution is 7.99. The Labute approximate surface area is 199 Å². The Bertz CT molecular complexity index is 1210. The number of benzene rings is 3. The first-order valence-corrected chi connectivity index (χ1v) is 11.4. The molecule has 0 aromatic heterocycles. The Hall–Kier alpha value is -3.46. The minimum atomic E-state index is -4.35. The first-order valence-electron chi connectivity index (χ1n) is 10.6. The maximum absolute atomic E-state index is 12.8. The van der Waals surface area contributed by atoms with E-state index < -0.39 is 17.8 Å². The molecule has 1 aliphatic rings. The van der Waals surface area contributed by atoms with Gasteiger partial charge in [0.25, 0.3) is 5.91 Å². The highest BCUT2D eigenvalue weighted by atomic mass is 32.2. The van der Waals surface area contributed by atoms with E-state index >= 15 is 0 Å². The summed E-state index contributed by atoms with van der Waals surface area (Å²) in [5.74, 6) is -0.119. The van der Waals surface area contributed by atoms with Crippen molar-refractivity contribution in [2.45, 2.75) is 28.8 Å². The molecule has 0 spiro atoms. The monoisotopic (exact) mass is 485 g/mol. The predicted molar refractivity (Wildman–Crippen MR) is 127 cm³/mol. The molecule has 9 heteroatoms. The fraction of sp³-hybridized carbons (Fsp3) is 0.200. The van der Waals surface area contributed by atoms with Crippen LogP contribution < -0.4 is 15.5 Å². The van der Waals surface area contributed by atoms with Crippen LogP contribution in [0.15, 0.2) is 76.5 Å². The number of rotatable bonds is 5. The molecular weight excluding hydrogens is 463 g/mol. The SMILES string of the molecule is CN1C(=O)c2ccccc2Sc2ccc(NC(=O)NCCCc3ccc(C(F)(F)F)cc3)cc21. The van der Waals surface area contributed by atoms with E-state index in [9.17, 15) is 22.8 Å². The third kappa shape index (κ3) is 5.36. The average molecular weight is 486 g/mol. The van der Waals surface area contributed by atoms with Gasteiger partial charge in [-0.1, -0.05) is 36.0 Å². The molecule has 34 heavy (non-hydrogen) atoms. The van der Waals surface area contributed by atoms with Gasteiger partial charge in [0.2, 0.25) is 0 Å². The largest absolute Gasteiger partial charge is 0.416 e. The molecule has 5 nitrogen and oxygen atoms in total. The Balaban J connectivity index is 1.32. The molecule has 3 aromatic rings. The molecule has 3 aromatic carbocycles. The topological polar surface area (TPSA) is 61.4 Å². The van der Waals surface area contributed by atoms with Crippen molar-refractivity contribution in [3.8, 4) is 0 Å². The van der Waals surface area contributed by atoms with Gasteiger partial charge in [-0.05, 0) is 60.9 Å². The zero-order valence-electron chi connectivity index (χ0n) is 18.3. The van der Waals surface area contributed by atoms with Crippen LogP contribution >= 0.6 is 11.8 Å². The van der Waals surface area contributed by atoms with Crippen LogP contribution in [0.4, 0.5) is 29.3 Å². The quantitative estimate of drug-likeness (QED) is 0.423. The molecule has 176 valence electrons. The fourth-order valence-corrected chi connectivity index (χ4v) is 4.70. The first kappa shape index (κ1) is 23.7. The third-order valence-corrected chi connectivity index (χ3v) is 6.57. The zero-order valence-corrected chi connectivity index (χ0v) is 19.1. The third-order valence-electron chi connectivity index (χ3n) is 5.43. The number of amides is 3. The molecule has 0 unspecified atom stereocenters. The Morgan fingerprint density at radius 3 is 2.47 bits per heavy atom. The summed E-state index contributed by atoms with van der Waals surface area (Å²) < 4.78 is 37.9. The van der Waals surface area contributed by atoms with Crippen molar-refractivity contribution in [2.24, 2.45) is 0 Å². The van der Waals surface area contributed by atoms with Crippen LogP contribution in [0.3, 0.4) is 0 Å². The second kappa shape index (κ2) is 9.80. The molecule has 1 heterocycles. The molecule has 0 bridgehead atoms. The number of halogens is 3. The number of alkyl halides is 3. The lowest BCUT2D eigenvalue weighted by Crippen LogP contribution is -2.30. The van der Waals surface area contributed by atoms with Crippen molar-refractivity contribution < 1.29 is 22.8 Å². The summed E-state index contributed by atoms with van der Waals surface area (Å²) in [6.07, 6.45) is -3.23. The molecule has 0 atom stereocenters. The van der Waals surface area contributed by atoms with Crippen LogP contribution in [0.2, 0.25) is 0 Å². The summed E-state index contributed by atoms with van der Waals surface area (Å²) in [5, 5.41) is 5.52. The highest BCUT2D eigenvalue weighted by Crippen LogP contribution is 2.41. The van der Waals surface area contributed by atoms with Gasteiger partial charge in [0.1, 0.15) is 0 Å². The first-order chi connectivity index (χ1) is 16.2. The van der Waals surface area contributed by atoms with Crippen LogP contribution in [0.1, 0.15) is 27.9 Å². The van der Waals surface area contributed by atoms with E-state index in [1.54, 1.807) is 30.1 Å². The molecule has 0 radical (unpaired) electrons. The van der Waals surface area contributed by atoms with Gasteiger partial charge in [-0.3, -0.25) is 4.79 Å². The lowest BCUT2D eigenvalue weighted by molar-refractivity contribution is -0.137. The van der Waals surface area contributed by atoms with E-state index in [4.69, 9.17) is 0 Å². The number of carbonyl (C=O) groups excluding carboxylic acids is 2. The zero-order chi connectivity index (χ0) is 24.3. The number of fused-ring (bicyclic) bond motifs is 2. The summed E-state index contributed by atoms with van der Waals surface area (Å²) in [6.45, 7) is 0.362. The lowest BCUT2D eigenvalue weighted by Gasteiger charge is -2.18. The molecule has 0 saturated heterocycles. The second-order valence-corrected chi connectivity index (χ2v) is 8.91. The number of nitrogens with one attached hydrogen (secondary N) is 2. The summed E-state index contributed by atoms with van der Waals surface area (Å²) in [6, 6.07) is 17.5. The number of aryl methyl sites for hydroxylation is 1. The molecule has 0 saturated carbocycles. The summed E-state index contributed by atoms with van der Waals surface area (Å²) in [4.78, 5) is 28.5. The molecule has 1 aliphatic heterocycles. The standard InChI is InChI=1S/C25H22F3N3O2S/c1-31-20-15-18(12-13-22(20)34-21-7-3-2-6-19(21)23(31)32)30-24(33)29-14-4-5-16-8-10-17(11-9-16)25(26,27)28/h2-3,6-13,15H,4-5,14H2,1H3,(H2,29,30,33). The van der Waals surface area contributed by atoms with Gasteiger partial charge in [0.15, 0.2) is 0 Å². The van der Waals surface area contributed by atoms with Gasteiger partial charge >= 0.3 is 12.2 Å². The number of nitrogens with zero attached hydrogens (tertiary/aromatic N) is 1. The van der Waals surface area contributed by atoms with E-state index in [-0.39, 0.29) is 5.91 Å². The molecule has 4 rings (SSSR count). The minimum Gasteiger partial charge on any atom is -0.338 e. The molecular formula is C25H22F3N3O2S. The van der Waals surface area contributed by atoms with E-state index in [0.717, 1.165) is 27.5 Å². The predicted octanol–water partition coefficient (Wildman–Crippen LogP) is 6.20. The molecule has 2 N–H and O–H groups in total. The average Bonchev–Trinajstić information content (AvgIpc) is 2.91. The van der Waals surface area contributed by atoms with Gasteiger partial charge in [-0.2, -0.15) is 13.2 Å². The van der Waals surface area contributed by atoms with E-state index in [2.05, 4.69) is 10.6 Å². The number of anilines is 2. The van der Waals surface area contributed by atoms with Gasteiger partial charge in [-0.15, -0.1) is 0 Å². The minimum absolute atomic E-state index is 0.119. The second-order valence-electron chi connectivity index (χ2n) is 7.82. The van der Waals surface area contributed by atoms with Gasteiger partial charge in [-0.25, -0.2) is 4.79 Å². The number of carbonyl (C=O) groups is 2.